The average molecular weight is 268 g/mol. The fourth-order valence-electron chi connectivity index (χ4n) is 3.73. The van der Waals surface area contributed by atoms with Gasteiger partial charge in [0.2, 0.25) is 0 Å². The minimum atomic E-state index is 0.351. The molecule has 1 aliphatic rings. The van der Waals surface area contributed by atoms with Gasteiger partial charge >= 0.3 is 0 Å². The van der Waals surface area contributed by atoms with Crippen molar-refractivity contribution < 1.29 is 0 Å². The second-order valence-electron chi connectivity index (χ2n) is 8.65. The molecule has 0 bridgehead atoms. The SMILES string of the molecule is CN(C)CC(C)(C)CNC1CCCCC1C(C)(C)C. The number of rotatable bonds is 5. The zero-order valence-electron chi connectivity index (χ0n) is 14.3. The van der Waals surface area contributed by atoms with Crippen LogP contribution in [-0.2, 0) is 0 Å². The summed E-state index contributed by atoms with van der Waals surface area (Å²) in [6, 6.07) is 0.718. The monoisotopic (exact) mass is 268 g/mol. The van der Waals surface area contributed by atoms with E-state index < -0.39 is 0 Å². The van der Waals surface area contributed by atoms with Crippen molar-refractivity contribution in [3.8, 4) is 0 Å². The molecule has 0 aliphatic heterocycles. The van der Waals surface area contributed by atoms with Crippen LogP contribution >= 0.6 is 0 Å². The van der Waals surface area contributed by atoms with Crippen molar-refractivity contribution in [3.05, 3.63) is 0 Å². The lowest BCUT2D eigenvalue weighted by Crippen LogP contribution is -2.48. The highest BCUT2D eigenvalue weighted by atomic mass is 15.1. The van der Waals surface area contributed by atoms with E-state index in [-0.39, 0.29) is 0 Å². The molecule has 1 saturated carbocycles. The van der Waals surface area contributed by atoms with Gasteiger partial charge in [0.1, 0.15) is 0 Å². The number of hydrogen-bond donors (Lipinski definition) is 1. The molecule has 0 aromatic heterocycles. The lowest BCUT2D eigenvalue weighted by Gasteiger charge is -2.42. The quantitative estimate of drug-likeness (QED) is 0.816. The van der Waals surface area contributed by atoms with Crippen molar-refractivity contribution in [1.82, 2.24) is 10.2 Å². The largest absolute Gasteiger partial charge is 0.313 e. The molecule has 1 aliphatic carbocycles. The number of hydrogen-bond acceptors (Lipinski definition) is 2. The highest BCUT2D eigenvalue weighted by Crippen LogP contribution is 2.38. The second-order valence-corrected chi connectivity index (χ2v) is 8.65. The van der Waals surface area contributed by atoms with Gasteiger partial charge in [-0.2, -0.15) is 0 Å². The van der Waals surface area contributed by atoms with Gasteiger partial charge in [0.15, 0.2) is 0 Å². The molecule has 1 N–H and O–H groups in total. The van der Waals surface area contributed by atoms with Crippen molar-refractivity contribution in [1.29, 1.82) is 0 Å². The maximum absolute atomic E-state index is 3.90. The Morgan fingerprint density at radius 3 is 2.11 bits per heavy atom. The molecule has 114 valence electrons. The van der Waals surface area contributed by atoms with Gasteiger partial charge in [-0.05, 0) is 43.7 Å². The average Bonchev–Trinajstić information content (AvgIpc) is 2.24. The summed E-state index contributed by atoms with van der Waals surface area (Å²) in [5.41, 5.74) is 0.785. The van der Waals surface area contributed by atoms with Crippen LogP contribution in [0.2, 0.25) is 0 Å². The van der Waals surface area contributed by atoms with Crippen LogP contribution < -0.4 is 5.32 Å². The molecule has 0 spiro atoms. The molecule has 1 rings (SSSR count). The predicted molar refractivity (Wildman–Crippen MR) is 85.5 cm³/mol. The van der Waals surface area contributed by atoms with Gasteiger partial charge < -0.3 is 10.2 Å². The standard InChI is InChI=1S/C17H36N2/c1-16(2,3)14-10-8-9-11-15(14)18-12-17(4,5)13-19(6)7/h14-15,18H,8-13H2,1-7H3. The van der Waals surface area contributed by atoms with Crippen molar-refractivity contribution >= 4 is 0 Å². The molecule has 2 nitrogen and oxygen atoms in total. The topological polar surface area (TPSA) is 15.3 Å². The molecule has 0 heterocycles. The van der Waals surface area contributed by atoms with Crippen LogP contribution in [0.15, 0.2) is 0 Å². The molecule has 0 amide bonds. The normalized spacial score (nSPS) is 25.9. The summed E-state index contributed by atoms with van der Waals surface area (Å²) < 4.78 is 0. The Morgan fingerprint density at radius 1 is 1.00 bits per heavy atom. The van der Waals surface area contributed by atoms with Crippen molar-refractivity contribution in [2.24, 2.45) is 16.7 Å². The van der Waals surface area contributed by atoms with E-state index in [1.54, 1.807) is 0 Å². The van der Waals surface area contributed by atoms with Crippen molar-refractivity contribution in [2.45, 2.75) is 66.3 Å². The summed E-state index contributed by atoms with van der Waals surface area (Å²) in [7, 11) is 4.33. The maximum Gasteiger partial charge on any atom is 0.0101 e. The van der Waals surface area contributed by atoms with Crippen molar-refractivity contribution in [3.63, 3.8) is 0 Å². The van der Waals surface area contributed by atoms with Gasteiger partial charge in [-0.3, -0.25) is 0 Å². The number of nitrogens with zero attached hydrogens (tertiary/aromatic N) is 1. The van der Waals surface area contributed by atoms with E-state index in [2.05, 4.69) is 58.9 Å². The third-order valence-electron chi connectivity index (χ3n) is 4.47. The van der Waals surface area contributed by atoms with Crippen LogP contribution in [0.25, 0.3) is 0 Å². The molecule has 2 atom stereocenters. The molecule has 0 aromatic rings. The minimum absolute atomic E-state index is 0.351. The third kappa shape index (κ3) is 5.83. The molecule has 2 unspecified atom stereocenters. The molecule has 19 heavy (non-hydrogen) atoms. The minimum Gasteiger partial charge on any atom is -0.313 e. The summed E-state index contributed by atoms with van der Waals surface area (Å²) in [5.74, 6) is 0.830. The van der Waals surface area contributed by atoms with Crippen LogP contribution in [0.4, 0.5) is 0 Å². The lowest BCUT2D eigenvalue weighted by atomic mass is 9.69. The second kappa shape index (κ2) is 6.58. The van der Waals surface area contributed by atoms with E-state index in [4.69, 9.17) is 0 Å². The Kier molecular flexibility index (Phi) is 5.88. The van der Waals surface area contributed by atoms with Crippen LogP contribution in [0, 0.1) is 16.7 Å². The first-order valence-corrected chi connectivity index (χ1v) is 8.00. The zero-order chi connectivity index (χ0) is 14.7. The first-order chi connectivity index (χ1) is 8.62. The van der Waals surface area contributed by atoms with Gasteiger partial charge in [0.25, 0.3) is 0 Å². The highest BCUT2D eigenvalue weighted by molar-refractivity contribution is 4.89. The summed E-state index contributed by atoms with van der Waals surface area (Å²) >= 11 is 0. The summed E-state index contributed by atoms with van der Waals surface area (Å²) in [4.78, 5) is 2.30. The van der Waals surface area contributed by atoms with Gasteiger partial charge in [0.05, 0.1) is 0 Å². The van der Waals surface area contributed by atoms with Crippen molar-refractivity contribution in [2.75, 3.05) is 27.2 Å². The Bertz CT molecular complexity index is 263. The maximum atomic E-state index is 3.90. The highest BCUT2D eigenvalue weighted by Gasteiger charge is 2.34. The third-order valence-corrected chi connectivity index (χ3v) is 4.47. The van der Waals surface area contributed by atoms with E-state index in [1.165, 1.54) is 25.7 Å². The van der Waals surface area contributed by atoms with E-state index in [9.17, 15) is 0 Å². The lowest BCUT2D eigenvalue weighted by molar-refractivity contribution is 0.117. The van der Waals surface area contributed by atoms with Crippen LogP contribution in [-0.4, -0.2) is 38.1 Å². The first kappa shape index (κ1) is 17.0. The molecule has 0 saturated heterocycles. The fraction of sp³-hybridized carbons (Fsp3) is 1.00. The van der Waals surface area contributed by atoms with E-state index in [0.717, 1.165) is 25.0 Å². The van der Waals surface area contributed by atoms with E-state index in [0.29, 0.717) is 10.8 Å². The fourth-order valence-corrected chi connectivity index (χ4v) is 3.73. The molecule has 0 aromatic carbocycles. The van der Waals surface area contributed by atoms with Gasteiger partial charge in [-0.1, -0.05) is 47.5 Å². The summed E-state index contributed by atoms with van der Waals surface area (Å²) in [6.45, 7) is 14.2. The van der Waals surface area contributed by atoms with E-state index >= 15 is 0 Å². The predicted octanol–water partition coefficient (Wildman–Crippen LogP) is 3.77. The number of nitrogens with one attached hydrogen (secondary N) is 1. The summed E-state index contributed by atoms with van der Waals surface area (Å²) in [6.07, 6.45) is 5.58. The molecule has 0 radical (unpaired) electrons. The van der Waals surface area contributed by atoms with Gasteiger partial charge in [0, 0.05) is 19.1 Å². The Hall–Kier alpha value is -0.0800. The van der Waals surface area contributed by atoms with Crippen LogP contribution in [0.3, 0.4) is 0 Å². The van der Waals surface area contributed by atoms with E-state index in [1.807, 2.05) is 0 Å². The summed E-state index contributed by atoms with van der Waals surface area (Å²) in [5, 5.41) is 3.90. The molecular weight excluding hydrogens is 232 g/mol. The smallest absolute Gasteiger partial charge is 0.0101 e. The Balaban J connectivity index is 2.54. The Morgan fingerprint density at radius 2 is 1.58 bits per heavy atom. The molecule has 1 fully saturated rings. The van der Waals surface area contributed by atoms with Crippen LogP contribution in [0.1, 0.15) is 60.3 Å². The van der Waals surface area contributed by atoms with Gasteiger partial charge in [-0.15, -0.1) is 0 Å². The molecule has 2 heteroatoms. The zero-order valence-corrected chi connectivity index (χ0v) is 14.3. The molecular formula is C17H36N2. The Labute approximate surface area is 121 Å². The first-order valence-electron chi connectivity index (χ1n) is 8.00. The van der Waals surface area contributed by atoms with Crippen LogP contribution in [0.5, 0.6) is 0 Å². The van der Waals surface area contributed by atoms with Gasteiger partial charge in [-0.25, -0.2) is 0 Å².